The SMILES string of the molecule is COc1ccc(CC(C)(O)CNS(=O)(=O)c2ccc(F)c(Cl)c2)cc1. The van der Waals surface area contributed by atoms with Crippen molar-refractivity contribution in [1.29, 1.82) is 0 Å². The molecule has 0 radical (unpaired) electrons. The minimum atomic E-state index is -3.92. The fourth-order valence-corrected chi connectivity index (χ4v) is 3.66. The van der Waals surface area contributed by atoms with E-state index in [0.29, 0.717) is 5.75 Å². The third kappa shape index (κ3) is 5.40. The fraction of sp³-hybridized carbons (Fsp3) is 0.294. The fourth-order valence-electron chi connectivity index (χ4n) is 2.22. The average molecular weight is 388 g/mol. The van der Waals surface area contributed by atoms with Gasteiger partial charge in [-0.2, -0.15) is 0 Å². The zero-order valence-electron chi connectivity index (χ0n) is 13.8. The number of rotatable bonds is 7. The van der Waals surface area contributed by atoms with E-state index in [-0.39, 0.29) is 22.9 Å². The van der Waals surface area contributed by atoms with E-state index in [9.17, 15) is 17.9 Å². The van der Waals surface area contributed by atoms with Crippen molar-refractivity contribution in [1.82, 2.24) is 4.72 Å². The Hall–Kier alpha value is -1.67. The first-order valence-electron chi connectivity index (χ1n) is 7.43. The highest BCUT2D eigenvalue weighted by atomic mass is 35.5. The molecule has 0 spiro atoms. The lowest BCUT2D eigenvalue weighted by molar-refractivity contribution is 0.0657. The van der Waals surface area contributed by atoms with Gasteiger partial charge in [-0.05, 0) is 42.8 Å². The third-order valence-electron chi connectivity index (χ3n) is 3.59. The second-order valence-electron chi connectivity index (χ2n) is 5.92. The van der Waals surface area contributed by atoms with Gasteiger partial charge in [0.25, 0.3) is 0 Å². The molecule has 25 heavy (non-hydrogen) atoms. The Morgan fingerprint density at radius 1 is 1.24 bits per heavy atom. The van der Waals surface area contributed by atoms with Crippen molar-refractivity contribution >= 4 is 21.6 Å². The molecule has 8 heteroatoms. The first-order valence-corrected chi connectivity index (χ1v) is 9.29. The molecule has 1 unspecified atom stereocenters. The molecule has 1 atom stereocenters. The number of benzene rings is 2. The van der Waals surface area contributed by atoms with Gasteiger partial charge < -0.3 is 9.84 Å². The van der Waals surface area contributed by atoms with Crippen LogP contribution < -0.4 is 9.46 Å². The maximum absolute atomic E-state index is 13.2. The van der Waals surface area contributed by atoms with Gasteiger partial charge in [0.1, 0.15) is 11.6 Å². The summed E-state index contributed by atoms with van der Waals surface area (Å²) in [7, 11) is -2.36. The maximum Gasteiger partial charge on any atom is 0.240 e. The largest absolute Gasteiger partial charge is 0.497 e. The van der Waals surface area contributed by atoms with Crippen molar-refractivity contribution in [2.45, 2.75) is 23.8 Å². The summed E-state index contributed by atoms with van der Waals surface area (Å²) in [6, 6.07) is 10.2. The van der Waals surface area contributed by atoms with Gasteiger partial charge in [-0.25, -0.2) is 17.5 Å². The quantitative estimate of drug-likeness (QED) is 0.766. The highest BCUT2D eigenvalue weighted by Crippen LogP contribution is 2.20. The van der Waals surface area contributed by atoms with Crippen LogP contribution in [-0.2, 0) is 16.4 Å². The van der Waals surface area contributed by atoms with Crippen molar-refractivity contribution < 1.29 is 22.7 Å². The number of nitrogens with one attached hydrogen (secondary N) is 1. The van der Waals surface area contributed by atoms with Crippen LogP contribution >= 0.6 is 11.6 Å². The Bertz CT molecular complexity index is 838. The van der Waals surface area contributed by atoms with Gasteiger partial charge in [-0.15, -0.1) is 0 Å². The Balaban J connectivity index is 2.05. The molecular weight excluding hydrogens is 369 g/mol. The number of aliphatic hydroxyl groups is 1. The van der Waals surface area contributed by atoms with Gasteiger partial charge in [0.15, 0.2) is 0 Å². The van der Waals surface area contributed by atoms with E-state index in [0.717, 1.165) is 23.8 Å². The number of hydrogen-bond donors (Lipinski definition) is 2. The molecule has 2 aromatic carbocycles. The minimum absolute atomic E-state index is 0.167. The summed E-state index contributed by atoms with van der Waals surface area (Å²) in [5.74, 6) is -0.00981. The Morgan fingerprint density at radius 2 is 1.88 bits per heavy atom. The first kappa shape index (κ1) is 19.7. The van der Waals surface area contributed by atoms with Gasteiger partial charge in [-0.3, -0.25) is 0 Å². The van der Waals surface area contributed by atoms with Crippen LogP contribution in [0.15, 0.2) is 47.4 Å². The smallest absolute Gasteiger partial charge is 0.240 e. The molecule has 0 bridgehead atoms. The summed E-state index contributed by atoms with van der Waals surface area (Å²) in [6.07, 6.45) is 0.240. The lowest BCUT2D eigenvalue weighted by Crippen LogP contribution is -2.42. The molecule has 2 rings (SSSR count). The van der Waals surface area contributed by atoms with Crippen molar-refractivity contribution in [3.05, 3.63) is 58.9 Å². The van der Waals surface area contributed by atoms with Crippen LogP contribution in [0.5, 0.6) is 5.75 Å². The van der Waals surface area contributed by atoms with Gasteiger partial charge in [0, 0.05) is 13.0 Å². The standard InChI is InChI=1S/C17H19ClFNO4S/c1-17(21,10-12-3-5-13(24-2)6-4-12)11-20-25(22,23)14-7-8-16(19)15(18)9-14/h3-9,20-21H,10-11H2,1-2H3. The lowest BCUT2D eigenvalue weighted by Gasteiger charge is -2.24. The summed E-state index contributed by atoms with van der Waals surface area (Å²) in [5.41, 5.74) is -0.485. The molecule has 0 amide bonds. The summed E-state index contributed by atoms with van der Waals surface area (Å²) in [5, 5.41) is 10.2. The molecule has 0 aliphatic rings. The van der Waals surface area contributed by atoms with E-state index in [1.54, 1.807) is 31.4 Å². The monoisotopic (exact) mass is 387 g/mol. The molecule has 0 saturated carbocycles. The predicted molar refractivity (Wildman–Crippen MR) is 93.9 cm³/mol. The maximum atomic E-state index is 13.2. The van der Waals surface area contributed by atoms with Crippen molar-refractivity contribution in [2.24, 2.45) is 0 Å². The summed E-state index contributed by atoms with van der Waals surface area (Å²) >= 11 is 5.62. The van der Waals surface area contributed by atoms with E-state index in [2.05, 4.69) is 4.72 Å². The molecule has 0 aliphatic heterocycles. The van der Waals surface area contributed by atoms with Gasteiger partial charge in [0.2, 0.25) is 10.0 Å². The van der Waals surface area contributed by atoms with E-state index in [1.165, 1.54) is 6.92 Å². The van der Waals surface area contributed by atoms with Gasteiger partial charge in [0.05, 0.1) is 22.6 Å². The number of halogens is 2. The second kappa shape index (κ2) is 7.70. The molecule has 0 aliphatic carbocycles. The second-order valence-corrected chi connectivity index (χ2v) is 8.10. The highest BCUT2D eigenvalue weighted by molar-refractivity contribution is 7.89. The predicted octanol–water partition coefficient (Wildman–Crippen LogP) is 2.76. The molecule has 2 N–H and O–H groups in total. The topological polar surface area (TPSA) is 75.6 Å². The van der Waals surface area contributed by atoms with Gasteiger partial charge >= 0.3 is 0 Å². The van der Waals surface area contributed by atoms with Crippen LogP contribution in [0.25, 0.3) is 0 Å². The van der Waals surface area contributed by atoms with Crippen molar-refractivity contribution in [2.75, 3.05) is 13.7 Å². The molecule has 136 valence electrons. The lowest BCUT2D eigenvalue weighted by atomic mass is 9.97. The number of methoxy groups -OCH3 is 1. The molecule has 2 aromatic rings. The van der Waals surface area contributed by atoms with Gasteiger partial charge in [-0.1, -0.05) is 23.7 Å². The third-order valence-corrected chi connectivity index (χ3v) is 5.28. The zero-order valence-corrected chi connectivity index (χ0v) is 15.4. The normalized spacial score (nSPS) is 14.1. The molecule has 0 heterocycles. The Labute approximate surface area is 151 Å². The van der Waals surface area contributed by atoms with E-state index >= 15 is 0 Å². The average Bonchev–Trinajstić information content (AvgIpc) is 2.56. The molecular formula is C17H19ClFNO4S. The van der Waals surface area contributed by atoms with E-state index in [1.807, 2.05) is 0 Å². The molecule has 0 saturated heterocycles. The molecule has 5 nitrogen and oxygen atoms in total. The Morgan fingerprint density at radius 3 is 2.44 bits per heavy atom. The summed E-state index contributed by atoms with van der Waals surface area (Å²) in [4.78, 5) is -0.167. The molecule has 0 fully saturated rings. The highest BCUT2D eigenvalue weighted by Gasteiger charge is 2.25. The van der Waals surface area contributed by atoms with Crippen LogP contribution in [0.1, 0.15) is 12.5 Å². The number of hydrogen-bond acceptors (Lipinski definition) is 4. The minimum Gasteiger partial charge on any atom is -0.497 e. The zero-order chi connectivity index (χ0) is 18.7. The summed E-state index contributed by atoms with van der Waals surface area (Å²) in [6.45, 7) is 1.31. The van der Waals surface area contributed by atoms with Crippen LogP contribution in [0, 0.1) is 5.82 Å². The number of ether oxygens (including phenoxy) is 1. The van der Waals surface area contributed by atoms with Crippen LogP contribution in [0.3, 0.4) is 0 Å². The van der Waals surface area contributed by atoms with Crippen LogP contribution in [-0.4, -0.2) is 32.8 Å². The van der Waals surface area contributed by atoms with E-state index < -0.39 is 21.4 Å². The van der Waals surface area contributed by atoms with Crippen molar-refractivity contribution in [3.63, 3.8) is 0 Å². The Kier molecular flexibility index (Phi) is 6.05. The first-order chi connectivity index (χ1) is 11.6. The van der Waals surface area contributed by atoms with Crippen molar-refractivity contribution in [3.8, 4) is 5.75 Å². The van der Waals surface area contributed by atoms with Crippen LogP contribution in [0.2, 0.25) is 5.02 Å². The van der Waals surface area contributed by atoms with Crippen LogP contribution in [0.4, 0.5) is 4.39 Å². The number of sulfonamides is 1. The molecule has 0 aromatic heterocycles. The van der Waals surface area contributed by atoms with E-state index in [4.69, 9.17) is 16.3 Å². The summed E-state index contributed by atoms with van der Waals surface area (Å²) < 4.78 is 45.1.